The minimum atomic E-state index is -0.540. The Balaban J connectivity index is 4.69. The molecule has 6 nitrogen and oxygen atoms in total. The lowest BCUT2D eigenvalue weighted by atomic mass is 10.1. The first-order valence-electron chi connectivity index (χ1n) is 7.32. The van der Waals surface area contributed by atoms with Gasteiger partial charge in [-0.3, -0.25) is 4.99 Å². The zero-order valence-electron chi connectivity index (χ0n) is 14.5. The molecule has 1 N–H and O–H groups in total. The van der Waals surface area contributed by atoms with Crippen molar-refractivity contribution in [3.05, 3.63) is 35.6 Å². The van der Waals surface area contributed by atoms with Crippen LogP contribution in [0.2, 0.25) is 0 Å². The van der Waals surface area contributed by atoms with Crippen LogP contribution in [0.4, 0.5) is 4.79 Å². The van der Waals surface area contributed by atoms with Crippen LogP contribution in [-0.2, 0) is 14.3 Å². The SMILES string of the molecule is C=N/C=C(/C=C/C(=O)OCC)\C=C(/C)CNC(=O)OC(C)(C)C. The lowest BCUT2D eigenvalue weighted by Gasteiger charge is -2.19. The molecule has 0 fully saturated rings. The summed E-state index contributed by atoms with van der Waals surface area (Å²) in [7, 11) is 0. The van der Waals surface area contributed by atoms with Gasteiger partial charge in [-0.2, -0.15) is 0 Å². The number of alkyl carbamates (subject to hydrolysis) is 1. The molecule has 128 valence electrons. The molecule has 23 heavy (non-hydrogen) atoms. The smallest absolute Gasteiger partial charge is 0.407 e. The minimum absolute atomic E-state index is 0.316. The van der Waals surface area contributed by atoms with Crippen molar-refractivity contribution < 1.29 is 19.1 Å². The molecule has 0 aromatic carbocycles. The van der Waals surface area contributed by atoms with Crippen molar-refractivity contribution >= 4 is 18.8 Å². The molecule has 0 unspecified atom stereocenters. The maximum atomic E-state index is 11.6. The van der Waals surface area contributed by atoms with Gasteiger partial charge in [0.2, 0.25) is 0 Å². The van der Waals surface area contributed by atoms with E-state index >= 15 is 0 Å². The Morgan fingerprint density at radius 2 is 1.91 bits per heavy atom. The second-order valence-electron chi connectivity index (χ2n) is 5.74. The number of carbonyl (C=O) groups excluding carboxylic acids is 2. The van der Waals surface area contributed by atoms with Crippen molar-refractivity contribution in [2.45, 2.75) is 40.2 Å². The molecule has 0 saturated heterocycles. The van der Waals surface area contributed by atoms with Crippen LogP contribution in [0.1, 0.15) is 34.6 Å². The summed E-state index contributed by atoms with van der Waals surface area (Å²) < 4.78 is 9.96. The number of carbonyl (C=O) groups is 2. The molecule has 0 radical (unpaired) electrons. The van der Waals surface area contributed by atoms with Gasteiger partial charge in [-0.25, -0.2) is 9.59 Å². The standard InChI is InChI=1S/C17H26N2O4/c1-7-22-15(20)9-8-14(12-18-6)10-13(2)11-19-16(21)23-17(3,4)5/h8-10,12H,6-7,11H2,1-5H3,(H,19,21)/b9-8+,13-10+,14-12-. The van der Waals surface area contributed by atoms with E-state index in [-0.39, 0.29) is 0 Å². The second kappa shape index (κ2) is 10.4. The number of hydrogen-bond donors (Lipinski definition) is 1. The first kappa shape index (κ1) is 20.6. The lowest BCUT2D eigenvalue weighted by Crippen LogP contribution is -2.33. The molecule has 0 bridgehead atoms. The van der Waals surface area contributed by atoms with Crippen LogP contribution in [0, 0.1) is 0 Å². The summed E-state index contributed by atoms with van der Waals surface area (Å²) in [6.07, 6.45) is 5.68. The molecule has 6 heteroatoms. The van der Waals surface area contributed by atoms with Crippen molar-refractivity contribution in [3.63, 3.8) is 0 Å². The number of nitrogens with one attached hydrogen (secondary N) is 1. The van der Waals surface area contributed by atoms with Crippen LogP contribution < -0.4 is 5.32 Å². The maximum Gasteiger partial charge on any atom is 0.407 e. The summed E-state index contributed by atoms with van der Waals surface area (Å²) in [6, 6.07) is 0. The zero-order chi connectivity index (χ0) is 17.9. The quantitative estimate of drug-likeness (QED) is 0.338. The van der Waals surface area contributed by atoms with Gasteiger partial charge in [-0.15, -0.1) is 0 Å². The van der Waals surface area contributed by atoms with Crippen molar-refractivity contribution in [1.82, 2.24) is 5.32 Å². The average molecular weight is 322 g/mol. The molecule has 1 amide bonds. The molecule has 0 rings (SSSR count). The fourth-order valence-electron chi connectivity index (χ4n) is 1.45. The zero-order valence-corrected chi connectivity index (χ0v) is 14.5. The monoisotopic (exact) mass is 322 g/mol. The Bertz CT molecular complexity index is 511. The lowest BCUT2D eigenvalue weighted by molar-refractivity contribution is -0.137. The van der Waals surface area contributed by atoms with E-state index in [1.807, 2.05) is 6.92 Å². The summed E-state index contributed by atoms with van der Waals surface area (Å²) in [5, 5.41) is 2.65. The van der Waals surface area contributed by atoms with Crippen LogP contribution in [0.15, 0.2) is 40.6 Å². The Morgan fingerprint density at radius 3 is 2.43 bits per heavy atom. The molecule has 0 aliphatic carbocycles. The highest BCUT2D eigenvalue weighted by Gasteiger charge is 2.15. The maximum absolute atomic E-state index is 11.6. The van der Waals surface area contributed by atoms with Gasteiger partial charge < -0.3 is 14.8 Å². The third-order valence-electron chi connectivity index (χ3n) is 2.26. The number of esters is 1. The predicted octanol–water partition coefficient (Wildman–Crippen LogP) is 3.16. The summed E-state index contributed by atoms with van der Waals surface area (Å²) >= 11 is 0. The number of nitrogens with zero attached hydrogens (tertiary/aromatic N) is 1. The summed E-state index contributed by atoms with van der Waals surface area (Å²) in [5.41, 5.74) is 0.984. The number of allylic oxidation sites excluding steroid dienone is 3. The normalized spacial score (nSPS) is 12.9. The van der Waals surface area contributed by atoms with Gasteiger partial charge in [-0.05, 0) is 53.0 Å². The highest BCUT2D eigenvalue weighted by atomic mass is 16.6. The third-order valence-corrected chi connectivity index (χ3v) is 2.26. The third kappa shape index (κ3) is 11.9. The van der Waals surface area contributed by atoms with Crippen molar-refractivity contribution in [2.24, 2.45) is 4.99 Å². The molecular weight excluding hydrogens is 296 g/mol. The molecule has 0 saturated carbocycles. The van der Waals surface area contributed by atoms with E-state index in [2.05, 4.69) is 17.0 Å². The van der Waals surface area contributed by atoms with Gasteiger partial charge in [0.15, 0.2) is 0 Å². The van der Waals surface area contributed by atoms with Crippen LogP contribution >= 0.6 is 0 Å². The second-order valence-corrected chi connectivity index (χ2v) is 5.74. The molecule has 0 aromatic heterocycles. The molecule has 0 aromatic rings. The first-order valence-corrected chi connectivity index (χ1v) is 7.32. The van der Waals surface area contributed by atoms with E-state index < -0.39 is 17.7 Å². The average Bonchev–Trinajstić information content (AvgIpc) is 2.41. The Labute approximate surface area is 138 Å². The van der Waals surface area contributed by atoms with E-state index in [9.17, 15) is 9.59 Å². The topological polar surface area (TPSA) is 77.0 Å². The van der Waals surface area contributed by atoms with E-state index in [1.54, 1.807) is 39.8 Å². The highest BCUT2D eigenvalue weighted by Crippen LogP contribution is 2.08. The van der Waals surface area contributed by atoms with Crippen molar-refractivity contribution in [1.29, 1.82) is 0 Å². The minimum Gasteiger partial charge on any atom is -0.463 e. The number of amides is 1. The highest BCUT2D eigenvalue weighted by molar-refractivity contribution is 5.82. The summed E-state index contributed by atoms with van der Waals surface area (Å²) in [5.74, 6) is -0.430. The van der Waals surface area contributed by atoms with E-state index in [0.717, 1.165) is 5.57 Å². The summed E-state index contributed by atoms with van der Waals surface area (Å²) in [4.78, 5) is 26.6. The number of aliphatic imine (C=N–C) groups is 1. The number of rotatable bonds is 7. The van der Waals surface area contributed by atoms with Gasteiger partial charge in [0.1, 0.15) is 5.60 Å². The van der Waals surface area contributed by atoms with Gasteiger partial charge in [-0.1, -0.05) is 11.6 Å². The van der Waals surface area contributed by atoms with E-state index in [1.165, 1.54) is 12.3 Å². The van der Waals surface area contributed by atoms with E-state index in [0.29, 0.717) is 18.7 Å². The molecule has 0 heterocycles. The number of ether oxygens (including phenoxy) is 2. The largest absolute Gasteiger partial charge is 0.463 e. The van der Waals surface area contributed by atoms with E-state index in [4.69, 9.17) is 9.47 Å². The Kier molecular flexibility index (Phi) is 9.30. The van der Waals surface area contributed by atoms with Gasteiger partial charge in [0.05, 0.1) is 6.61 Å². The molecule has 0 aliphatic rings. The Morgan fingerprint density at radius 1 is 1.26 bits per heavy atom. The van der Waals surface area contributed by atoms with Gasteiger partial charge >= 0.3 is 12.1 Å². The molecular formula is C17H26N2O4. The van der Waals surface area contributed by atoms with Crippen LogP contribution in [0.5, 0.6) is 0 Å². The first-order chi connectivity index (χ1) is 10.7. The molecule has 0 atom stereocenters. The predicted molar refractivity (Wildman–Crippen MR) is 91.4 cm³/mol. The van der Waals surface area contributed by atoms with Crippen LogP contribution in [0.25, 0.3) is 0 Å². The van der Waals surface area contributed by atoms with Crippen molar-refractivity contribution in [2.75, 3.05) is 13.2 Å². The molecule has 0 spiro atoms. The molecule has 0 aliphatic heterocycles. The number of hydrogen-bond acceptors (Lipinski definition) is 5. The summed E-state index contributed by atoms with van der Waals surface area (Å²) in [6.45, 7) is 13.0. The van der Waals surface area contributed by atoms with Crippen LogP contribution in [0.3, 0.4) is 0 Å². The fraction of sp³-hybridized carbons (Fsp3) is 0.471. The van der Waals surface area contributed by atoms with Gasteiger partial charge in [0, 0.05) is 18.8 Å². The van der Waals surface area contributed by atoms with Gasteiger partial charge in [0.25, 0.3) is 0 Å². The fourth-order valence-corrected chi connectivity index (χ4v) is 1.45. The van der Waals surface area contributed by atoms with Crippen molar-refractivity contribution in [3.8, 4) is 0 Å². The Hall–Kier alpha value is -2.37. The van der Waals surface area contributed by atoms with Crippen LogP contribution in [-0.4, -0.2) is 37.5 Å².